The molecule has 5 heteroatoms. The van der Waals surface area contributed by atoms with Gasteiger partial charge in [-0.1, -0.05) is 12.2 Å². The number of halogens is 2. The molecule has 3 nitrogen and oxygen atoms in total. The molecule has 0 saturated heterocycles. The topological polar surface area (TPSA) is 49.3 Å². The van der Waals surface area contributed by atoms with Gasteiger partial charge in [0.2, 0.25) is 0 Å². The Morgan fingerprint density at radius 1 is 1.57 bits per heavy atom. The number of nitrogens with one attached hydrogen (secondary N) is 1. The van der Waals surface area contributed by atoms with Gasteiger partial charge in [-0.15, -0.1) is 0 Å². The summed E-state index contributed by atoms with van der Waals surface area (Å²) in [5, 5.41) is 11.3. The van der Waals surface area contributed by atoms with Crippen molar-refractivity contribution in [3.63, 3.8) is 0 Å². The monoisotopic (exact) mass is 199 g/mol. The van der Waals surface area contributed by atoms with Gasteiger partial charge in [0.05, 0.1) is 5.70 Å². The molecule has 1 aliphatic heterocycles. The maximum Gasteiger partial charge on any atom is 0.340 e. The number of aliphatic carboxylic acids is 1. The zero-order valence-corrected chi connectivity index (χ0v) is 7.05. The molecule has 0 atom stereocenters. The molecule has 0 radical (unpaired) electrons. The minimum atomic E-state index is -3.39. The highest BCUT2D eigenvalue weighted by molar-refractivity contribution is 5.92. The number of allylic oxidation sites excluding steroid dienone is 2. The predicted molar refractivity (Wildman–Crippen MR) is 44.8 cm³/mol. The molecule has 2 aliphatic rings. The van der Waals surface area contributed by atoms with Crippen LogP contribution in [0.1, 0.15) is 0 Å². The quantitative estimate of drug-likeness (QED) is 0.663. The van der Waals surface area contributed by atoms with Gasteiger partial charge in [0.1, 0.15) is 5.57 Å². The third-order valence-electron chi connectivity index (χ3n) is 2.16. The Labute approximate surface area is 78.4 Å². The fourth-order valence-electron chi connectivity index (χ4n) is 1.55. The van der Waals surface area contributed by atoms with Gasteiger partial charge in [0, 0.05) is 6.54 Å². The Morgan fingerprint density at radius 3 is 2.93 bits per heavy atom. The maximum absolute atomic E-state index is 13.2. The predicted octanol–water partition coefficient (Wildman–Crippen LogP) is 1.06. The van der Waals surface area contributed by atoms with E-state index in [0.717, 1.165) is 0 Å². The fourth-order valence-corrected chi connectivity index (χ4v) is 1.55. The van der Waals surface area contributed by atoms with Crippen LogP contribution in [0.15, 0.2) is 35.1 Å². The SMILES string of the molecule is O=C(O)C1=C2NCC=C2C=CC1(F)F. The molecule has 74 valence electrons. The summed E-state index contributed by atoms with van der Waals surface area (Å²) in [6.07, 6.45) is 3.52. The number of rotatable bonds is 1. The molecule has 14 heavy (non-hydrogen) atoms. The molecule has 2 rings (SSSR count). The van der Waals surface area contributed by atoms with E-state index >= 15 is 0 Å². The summed E-state index contributed by atoms with van der Waals surface area (Å²) in [6, 6.07) is 0. The lowest BCUT2D eigenvalue weighted by atomic mass is 9.96. The van der Waals surface area contributed by atoms with Crippen molar-refractivity contribution in [1.82, 2.24) is 5.32 Å². The number of hydrogen-bond donors (Lipinski definition) is 2. The number of alkyl halides is 2. The molecule has 0 aromatic rings. The van der Waals surface area contributed by atoms with E-state index in [1.807, 2.05) is 0 Å². The largest absolute Gasteiger partial charge is 0.478 e. The lowest BCUT2D eigenvalue weighted by Gasteiger charge is -2.20. The summed E-state index contributed by atoms with van der Waals surface area (Å²) in [5.41, 5.74) is -0.318. The van der Waals surface area contributed by atoms with Crippen LogP contribution in [0.4, 0.5) is 8.78 Å². The van der Waals surface area contributed by atoms with Crippen LogP contribution in [-0.2, 0) is 4.79 Å². The smallest absolute Gasteiger partial charge is 0.340 e. The van der Waals surface area contributed by atoms with Gasteiger partial charge in [-0.25, -0.2) is 4.79 Å². The van der Waals surface area contributed by atoms with Crippen LogP contribution in [0.5, 0.6) is 0 Å². The molecule has 0 aromatic carbocycles. The average molecular weight is 199 g/mol. The van der Waals surface area contributed by atoms with E-state index in [1.54, 1.807) is 6.08 Å². The second-order valence-corrected chi connectivity index (χ2v) is 3.05. The second kappa shape index (κ2) is 2.67. The van der Waals surface area contributed by atoms with Crippen molar-refractivity contribution < 1.29 is 18.7 Å². The first-order valence-corrected chi connectivity index (χ1v) is 4.02. The van der Waals surface area contributed by atoms with Crippen LogP contribution in [0.25, 0.3) is 0 Å². The molecule has 0 amide bonds. The summed E-state index contributed by atoms with van der Waals surface area (Å²) in [7, 11) is 0. The van der Waals surface area contributed by atoms with Crippen LogP contribution < -0.4 is 5.32 Å². The van der Waals surface area contributed by atoms with Gasteiger partial charge in [0.15, 0.2) is 0 Å². The van der Waals surface area contributed by atoms with Crippen LogP contribution in [-0.4, -0.2) is 23.5 Å². The first kappa shape index (κ1) is 8.93. The molecule has 0 bridgehead atoms. The van der Waals surface area contributed by atoms with E-state index in [2.05, 4.69) is 5.32 Å². The van der Waals surface area contributed by atoms with Gasteiger partial charge in [-0.2, -0.15) is 8.78 Å². The molecule has 1 heterocycles. The number of carboxylic acids is 1. The number of fused-ring (bicyclic) bond motifs is 1. The molecule has 0 saturated carbocycles. The zero-order valence-electron chi connectivity index (χ0n) is 7.05. The Bertz CT molecular complexity index is 394. The Hall–Kier alpha value is -1.65. The first-order chi connectivity index (χ1) is 6.52. The molecular formula is C9H7F2NO2. The standard InChI is InChI=1S/C9H7F2NO2/c10-9(11)3-1-5-2-4-12-7(5)6(9)8(13)14/h1-3,12H,4H2,(H,13,14). The van der Waals surface area contributed by atoms with Crippen molar-refractivity contribution in [1.29, 1.82) is 0 Å². The van der Waals surface area contributed by atoms with E-state index in [-0.39, 0.29) is 5.70 Å². The third kappa shape index (κ3) is 1.13. The van der Waals surface area contributed by atoms with Crippen molar-refractivity contribution >= 4 is 5.97 Å². The molecule has 0 fully saturated rings. The van der Waals surface area contributed by atoms with Gasteiger partial charge >= 0.3 is 11.9 Å². The van der Waals surface area contributed by atoms with Gasteiger partial charge < -0.3 is 10.4 Å². The number of carbonyl (C=O) groups is 1. The summed E-state index contributed by atoms with van der Waals surface area (Å²) >= 11 is 0. The highest BCUT2D eigenvalue weighted by Gasteiger charge is 2.42. The van der Waals surface area contributed by atoms with Crippen LogP contribution in [0.2, 0.25) is 0 Å². The molecule has 2 N–H and O–H groups in total. The molecule has 0 unspecified atom stereocenters. The van der Waals surface area contributed by atoms with Crippen LogP contribution >= 0.6 is 0 Å². The third-order valence-corrected chi connectivity index (χ3v) is 2.16. The lowest BCUT2D eigenvalue weighted by Crippen LogP contribution is -2.30. The fraction of sp³-hybridized carbons (Fsp3) is 0.222. The van der Waals surface area contributed by atoms with E-state index in [9.17, 15) is 13.6 Å². The summed E-state index contributed by atoms with van der Waals surface area (Å²) in [4.78, 5) is 10.7. The average Bonchev–Trinajstić information content (AvgIpc) is 2.48. The Morgan fingerprint density at radius 2 is 2.29 bits per heavy atom. The highest BCUT2D eigenvalue weighted by Crippen LogP contribution is 2.36. The molecule has 0 aromatic heterocycles. The summed E-state index contributed by atoms with van der Waals surface area (Å²) in [6.45, 7) is 0.391. The summed E-state index contributed by atoms with van der Waals surface area (Å²) in [5.74, 6) is -4.98. The van der Waals surface area contributed by atoms with Gasteiger partial charge in [0.25, 0.3) is 0 Å². The van der Waals surface area contributed by atoms with E-state index < -0.39 is 17.5 Å². The summed E-state index contributed by atoms with van der Waals surface area (Å²) < 4.78 is 26.3. The lowest BCUT2D eigenvalue weighted by molar-refractivity contribution is -0.135. The van der Waals surface area contributed by atoms with E-state index in [4.69, 9.17) is 5.11 Å². The molecule has 1 aliphatic carbocycles. The Balaban J connectivity index is 2.58. The van der Waals surface area contributed by atoms with E-state index in [0.29, 0.717) is 18.2 Å². The van der Waals surface area contributed by atoms with Crippen molar-refractivity contribution in [2.75, 3.05) is 6.54 Å². The number of hydrogen-bond acceptors (Lipinski definition) is 2. The van der Waals surface area contributed by atoms with Crippen molar-refractivity contribution in [2.45, 2.75) is 5.92 Å². The molecular weight excluding hydrogens is 192 g/mol. The number of carboxylic acid groups (broad SMARTS) is 1. The minimum absolute atomic E-state index is 0.0324. The van der Waals surface area contributed by atoms with Crippen LogP contribution in [0, 0.1) is 0 Å². The first-order valence-electron chi connectivity index (χ1n) is 4.02. The maximum atomic E-state index is 13.2. The second-order valence-electron chi connectivity index (χ2n) is 3.05. The van der Waals surface area contributed by atoms with Crippen molar-refractivity contribution in [3.05, 3.63) is 35.1 Å². The van der Waals surface area contributed by atoms with Gasteiger partial charge in [-0.3, -0.25) is 0 Å². The highest BCUT2D eigenvalue weighted by atomic mass is 19.3. The Kier molecular flexibility index (Phi) is 1.70. The van der Waals surface area contributed by atoms with Crippen molar-refractivity contribution in [2.24, 2.45) is 0 Å². The normalized spacial score (nSPS) is 22.9. The van der Waals surface area contributed by atoms with Crippen LogP contribution in [0.3, 0.4) is 0 Å². The van der Waals surface area contributed by atoms with Crippen molar-refractivity contribution in [3.8, 4) is 0 Å². The van der Waals surface area contributed by atoms with E-state index in [1.165, 1.54) is 6.08 Å². The molecule has 0 spiro atoms. The zero-order chi connectivity index (χ0) is 10.3. The van der Waals surface area contributed by atoms with Gasteiger partial charge in [-0.05, 0) is 11.6 Å². The minimum Gasteiger partial charge on any atom is -0.478 e.